The van der Waals surface area contributed by atoms with Crippen LogP contribution in [0.5, 0.6) is 11.5 Å². The molecule has 1 aromatic rings. The molecule has 144 valence electrons. The van der Waals surface area contributed by atoms with Crippen molar-refractivity contribution in [2.45, 2.75) is 19.9 Å². The topological polar surface area (TPSA) is 71.1 Å². The highest BCUT2D eigenvalue weighted by Gasteiger charge is 2.25. The van der Waals surface area contributed by atoms with Crippen molar-refractivity contribution < 1.29 is 19.1 Å². The maximum atomic E-state index is 12.8. The quantitative estimate of drug-likeness (QED) is 0.748. The Morgan fingerprint density at radius 2 is 1.65 bits per heavy atom. The van der Waals surface area contributed by atoms with E-state index in [2.05, 4.69) is 26.1 Å². The standard InChI is InChI=1S/C18H26BrN3O4/c1-12(2)20-16(23)11-21-5-7-22(8-6-21)18(24)13-9-14(25-3)17(19)15(10-13)26-4/h9-10,12H,5-8,11H2,1-4H3,(H,20,23). The molecule has 2 amide bonds. The lowest BCUT2D eigenvalue weighted by molar-refractivity contribution is -0.123. The van der Waals surface area contributed by atoms with Crippen molar-refractivity contribution >= 4 is 27.7 Å². The average molecular weight is 428 g/mol. The minimum absolute atomic E-state index is 0.0159. The smallest absolute Gasteiger partial charge is 0.254 e. The fourth-order valence-corrected chi connectivity index (χ4v) is 3.41. The monoisotopic (exact) mass is 427 g/mol. The van der Waals surface area contributed by atoms with E-state index in [0.717, 1.165) is 0 Å². The van der Waals surface area contributed by atoms with E-state index >= 15 is 0 Å². The van der Waals surface area contributed by atoms with Crippen molar-refractivity contribution in [1.82, 2.24) is 15.1 Å². The highest BCUT2D eigenvalue weighted by Crippen LogP contribution is 2.36. The molecule has 2 rings (SSSR count). The summed E-state index contributed by atoms with van der Waals surface area (Å²) in [7, 11) is 3.10. The molecule has 0 aliphatic carbocycles. The van der Waals surface area contributed by atoms with Crippen molar-refractivity contribution in [3.05, 3.63) is 22.2 Å². The summed E-state index contributed by atoms with van der Waals surface area (Å²) < 4.78 is 11.3. The van der Waals surface area contributed by atoms with E-state index < -0.39 is 0 Å². The minimum atomic E-state index is -0.0691. The van der Waals surface area contributed by atoms with Crippen molar-refractivity contribution in [2.24, 2.45) is 0 Å². The lowest BCUT2D eigenvalue weighted by Gasteiger charge is -2.34. The fourth-order valence-electron chi connectivity index (χ4n) is 2.86. The number of carbonyl (C=O) groups excluding carboxylic acids is 2. The van der Waals surface area contributed by atoms with Crippen LogP contribution in [0.2, 0.25) is 0 Å². The second-order valence-corrected chi connectivity index (χ2v) is 7.28. The maximum Gasteiger partial charge on any atom is 0.254 e. The Bertz CT molecular complexity index is 633. The summed E-state index contributed by atoms with van der Waals surface area (Å²) in [5.74, 6) is 1.05. The van der Waals surface area contributed by atoms with E-state index in [9.17, 15) is 9.59 Å². The summed E-state index contributed by atoms with van der Waals surface area (Å²) in [6.07, 6.45) is 0. The number of amides is 2. The Balaban J connectivity index is 1.99. The van der Waals surface area contributed by atoms with Crippen LogP contribution >= 0.6 is 15.9 Å². The fraction of sp³-hybridized carbons (Fsp3) is 0.556. The summed E-state index contributed by atoms with van der Waals surface area (Å²) in [6, 6.07) is 3.54. The van der Waals surface area contributed by atoms with Gasteiger partial charge in [-0.15, -0.1) is 0 Å². The third-order valence-corrected chi connectivity index (χ3v) is 4.95. The van der Waals surface area contributed by atoms with Crippen LogP contribution in [0.4, 0.5) is 0 Å². The Hall–Kier alpha value is -1.80. The molecular weight excluding hydrogens is 402 g/mol. The number of benzene rings is 1. The molecule has 7 nitrogen and oxygen atoms in total. The molecule has 1 N–H and O–H groups in total. The molecule has 0 radical (unpaired) electrons. The van der Waals surface area contributed by atoms with Crippen molar-refractivity contribution in [1.29, 1.82) is 0 Å². The first-order valence-corrected chi connectivity index (χ1v) is 9.37. The summed E-state index contributed by atoms with van der Waals surface area (Å²) in [5, 5.41) is 2.89. The number of hydrogen-bond acceptors (Lipinski definition) is 5. The molecule has 1 aliphatic heterocycles. The zero-order chi connectivity index (χ0) is 19.3. The summed E-state index contributed by atoms with van der Waals surface area (Å²) in [6.45, 7) is 6.73. The van der Waals surface area contributed by atoms with Crippen molar-refractivity contribution in [2.75, 3.05) is 46.9 Å². The van der Waals surface area contributed by atoms with Crippen LogP contribution < -0.4 is 14.8 Å². The number of halogens is 1. The Kier molecular flexibility index (Phi) is 7.28. The molecule has 8 heteroatoms. The van der Waals surface area contributed by atoms with Gasteiger partial charge < -0.3 is 19.7 Å². The molecule has 1 fully saturated rings. The Morgan fingerprint density at radius 1 is 1.12 bits per heavy atom. The predicted molar refractivity (Wildman–Crippen MR) is 103 cm³/mol. The lowest BCUT2D eigenvalue weighted by Crippen LogP contribution is -2.51. The minimum Gasteiger partial charge on any atom is -0.495 e. The molecule has 0 atom stereocenters. The number of ether oxygens (including phenoxy) is 2. The van der Waals surface area contributed by atoms with Gasteiger partial charge in [0, 0.05) is 37.8 Å². The second kappa shape index (κ2) is 9.23. The van der Waals surface area contributed by atoms with E-state index in [4.69, 9.17) is 9.47 Å². The van der Waals surface area contributed by atoms with E-state index in [0.29, 0.717) is 54.3 Å². The average Bonchev–Trinajstić information content (AvgIpc) is 2.61. The molecule has 26 heavy (non-hydrogen) atoms. The van der Waals surface area contributed by atoms with E-state index in [-0.39, 0.29) is 17.9 Å². The molecule has 0 spiro atoms. The van der Waals surface area contributed by atoms with E-state index in [1.165, 1.54) is 0 Å². The summed E-state index contributed by atoms with van der Waals surface area (Å²) >= 11 is 3.41. The zero-order valence-electron chi connectivity index (χ0n) is 15.7. The number of nitrogens with zero attached hydrogens (tertiary/aromatic N) is 2. The van der Waals surface area contributed by atoms with Crippen LogP contribution in [0.15, 0.2) is 16.6 Å². The van der Waals surface area contributed by atoms with Crippen LogP contribution in [0.3, 0.4) is 0 Å². The number of carbonyl (C=O) groups is 2. The molecule has 1 heterocycles. The molecule has 1 aromatic carbocycles. The summed E-state index contributed by atoms with van der Waals surface area (Å²) in [4.78, 5) is 28.5. The molecule has 0 aromatic heterocycles. The molecule has 0 bridgehead atoms. The first-order chi connectivity index (χ1) is 12.3. The number of nitrogens with one attached hydrogen (secondary N) is 1. The van der Waals surface area contributed by atoms with Gasteiger partial charge in [-0.1, -0.05) is 0 Å². The SMILES string of the molecule is COc1cc(C(=O)N2CCN(CC(=O)NC(C)C)CC2)cc(OC)c1Br. The van der Waals surface area contributed by atoms with Gasteiger partial charge in [-0.3, -0.25) is 14.5 Å². The first-order valence-electron chi connectivity index (χ1n) is 8.58. The molecule has 0 unspecified atom stereocenters. The lowest BCUT2D eigenvalue weighted by atomic mass is 10.1. The van der Waals surface area contributed by atoms with Crippen LogP contribution in [0.1, 0.15) is 24.2 Å². The van der Waals surface area contributed by atoms with Gasteiger partial charge in [0.1, 0.15) is 16.0 Å². The van der Waals surface area contributed by atoms with Crippen molar-refractivity contribution in [3.63, 3.8) is 0 Å². The van der Waals surface area contributed by atoms with Crippen LogP contribution in [-0.2, 0) is 4.79 Å². The normalized spacial score (nSPS) is 15.1. The zero-order valence-corrected chi connectivity index (χ0v) is 17.3. The van der Waals surface area contributed by atoms with Gasteiger partial charge in [0.15, 0.2) is 0 Å². The third-order valence-electron chi connectivity index (χ3n) is 4.17. The number of methoxy groups -OCH3 is 2. The number of hydrogen-bond donors (Lipinski definition) is 1. The molecular formula is C18H26BrN3O4. The Labute approximate surface area is 162 Å². The van der Waals surface area contributed by atoms with Crippen LogP contribution in [-0.4, -0.2) is 74.6 Å². The van der Waals surface area contributed by atoms with E-state index in [1.54, 1.807) is 31.3 Å². The molecule has 1 aliphatic rings. The Morgan fingerprint density at radius 3 is 2.12 bits per heavy atom. The molecule has 1 saturated heterocycles. The highest BCUT2D eigenvalue weighted by molar-refractivity contribution is 9.10. The van der Waals surface area contributed by atoms with Gasteiger partial charge in [0.05, 0.1) is 20.8 Å². The van der Waals surface area contributed by atoms with Crippen LogP contribution in [0.25, 0.3) is 0 Å². The van der Waals surface area contributed by atoms with Gasteiger partial charge in [0.2, 0.25) is 5.91 Å². The van der Waals surface area contributed by atoms with Crippen LogP contribution in [0, 0.1) is 0 Å². The predicted octanol–water partition coefficient (Wildman–Crippen LogP) is 1.75. The van der Waals surface area contributed by atoms with E-state index in [1.807, 2.05) is 13.8 Å². The van der Waals surface area contributed by atoms with Gasteiger partial charge in [-0.25, -0.2) is 0 Å². The summed E-state index contributed by atoms with van der Waals surface area (Å²) in [5.41, 5.74) is 0.521. The first kappa shape index (κ1) is 20.5. The van der Waals surface area contributed by atoms with Gasteiger partial charge >= 0.3 is 0 Å². The maximum absolute atomic E-state index is 12.8. The third kappa shape index (κ3) is 5.11. The highest BCUT2D eigenvalue weighted by atomic mass is 79.9. The van der Waals surface area contributed by atoms with Crippen molar-refractivity contribution in [3.8, 4) is 11.5 Å². The van der Waals surface area contributed by atoms with Gasteiger partial charge in [-0.2, -0.15) is 0 Å². The largest absolute Gasteiger partial charge is 0.495 e. The molecule has 0 saturated carbocycles. The number of rotatable bonds is 6. The van der Waals surface area contributed by atoms with Gasteiger partial charge in [0.25, 0.3) is 5.91 Å². The second-order valence-electron chi connectivity index (χ2n) is 6.49. The van der Waals surface area contributed by atoms with Gasteiger partial charge in [-0.05, 0) is 41.9 Å². The number of piperazine rings is 1.